The van der Waals surface area contributed by atoms with Crippen LogP contribution in [0.1, 0.15) is 23.2 Å². The molecular formula is C20H17NO5. The summed E-state index contributed by atoms with van der Waals surface area (Å²) >= 11 is 0. The summed E-state index contributed by atoms with van der Waals surface area (Å²) in [5.74, 6) is -2.09. The summed E-state index contributed by atoms with van der Waals surface area (Å²) in [4.78, 5) is 33.5. The maximum atomic E-state index is 12.0. The Morgan fingerprint density at radius 2 is 1.54 bits per heavy atom. The molecule has 0 bridgehead atoms. The Labute approximate surface area is 149 Å². The molecule has 132 valence electrons. The number of ketones is 1. The Morgan fingerprint density at radius 1 is 0.846 bits per heavy atom. The number of Topliss-reactive ketones (excluding diaryl/α,β-unsaturated/α-hetero) is 1. The SMILES string of the molecule is O=C(O)CCC(=O)Cn1ccc2ccc(-c3ccc(C(=O)O)cc3)cc21. The monoisotopic (exact) mass is 351 g/mol. The summed E-state index contributed by atoms with van der Waals surface area (Å²) in [5, 5.41) is 18.6. The Hall–Kier alpha value is -3.41. The van der Waals surface area contributed by atoms with Crippen LogP contribution in [0.3, 0.4) is 0 Å². The number of carboxylic acid groups (broad SMARTS) is 2. The van der Waals surface area contributed by atoms with E-state index in [1.807, 2.05) is 24.3 Å². The highest BCUT2D eigenvalue weighted by Gasteiger charge is 2.10. The third-order valence-electron chi connectivity index (χ3n) is 4.20. The molecule has 0 unspecified atom stereocenters. The van der Waals surface area contributed by atoms with Crippen molar-refractivity contribution in [3.63, 3.8) is 0 Å². The standard InChI is InChI=1S/C20H17NO5/c22-17(7-8-19(23)24)12-21-10-9-14-3-6-16(11-18(14)21)13-1-4-15(5-2-13)20(25)26/h1-6,9-11H,7-8,12H2,(H,23,24)(H,25,26). The van der Waals surface area contributed by atoms with Crippen molar-refractivity contribution in [1.29, 1.82) is 0 Å². The van der Waals surface area contributed by atoms with Gasteiger partial charge in [0.25, 0.3) is 0 Å². The van der Waals surface area contributed by atoms with Gasteiger partial charge in [0.1, 0.15) is 0 Å². The lowest BCUT2D eigenvalue weighted by Gasteiger charge is -2.07. The molecule has 0 aliphatic carbocycles. The second-order valence-electron chi connectivity index (χ2n) is 6.03. The second-order valence-corrected chi connectivity index (χ2v) is 6.03. The van der Waals surface area contributed by atoms with Crippen molar-refractivity contribution in [1.82, 2.24) is 4.57 Å². The van der Waals surface area contributed by atoms with Gasteiger partial charge in [0.05, 0.1) is 18.5 Å². The molecule has 0 saturated heterocycles. The largest absolute Gasteiger partial charge is 0.481 e. The average molecular weight is 351 g/mol. The van der Waals surface area contributed by atoms with Gasteiger partial charge in [-0.3, -0.25) is 9.59 Å². The molecule has 3 rings (SSSR count). The van der Waals surface area contributed by atoms with Crippen LogP contribution in [0, 0.1) is 0 Å². The van der Waals surface area contributed by atoms with Crippen molar-refractivity contribution in [3.05, 3.63) is 60.3 Å². The number of benzene rings is 2. The predicted octanol–water partition coefficient (Wildman–Crippen LogP) is 3.44. The van der Waals surface area contributed by atoms with E-state index < -0.39 is 11.9 Å². The van der Waals surface area contributed by atoms with Gasteiger partial charge in [0, 0.05) is 18.1 Å². The van der Waals surface area contributed by atoms with Gasteiger partial charge in [-0.25, -0.2) is 4.79 Å². The van der Waals surface area contributed by atoms with Gasteiger partial charge in [0.2, 0.25) is 0 Å². The van der Waals surface area contributed by atoms with E-state index in [2.05, 4.69) is 0 Å². The van der Waals surface area contributed by atoms with Crippen molar-refractivity contribution < 1.29 is 24.6 Å². The van der Waals surface area contributed by atoms with E-state index in [-0.39, 0.29) is 30.7 Å². The van der Waals surface area contributed by atoms with Crippen molar-refractivity contribution in [2.75, 3.05) is 0 Å². The fourth-order valence-electron chi connectivity index (χ4n) is 2.82. The van der Waals surface area contributed by atoms with Gasteiger partial charge in [-0.1, -0.05) is 24.3 Å². The highest BCUT2D eigenvalue weighted by Crippen LogP contribution is 2.26. The lowest BCUT2D eigenvalue weighted by atomic mass is 10.0. The summed E-state index contributed by atoms with van der Waals surface area (Å²) in [5.41, 5.74) is 2.88. The zero-order valence-corrected chi connectivity index (χ0v) is 13.9. The minimum Gasteiger partial charge on any atom is -0.481 e. The first kappa shape index (κ1) is 17.4. The average Bonchev–Trinajstić information content (AvgIpc) is 3.02. The first-order valence-corrected chi connectivity index (χ1v) is 8.10. The second kappa shape index (κ2) is 7.23. The van der Waals surface area contributed by atoms with Crippen LogP contribution in [-0.2, 0) is 16.1 Å². The Balaban J connectivity index is 1.86. The molecule has 0 aliphatic rings. The molecule has 0 saturated carbocycles. The number of carbonyl (C=O) groups is 3. The highest BCUT2D eigenvalue weighted by atomic mass is 16.4. The van der Waals surface area contributed by atoms with Gasteiger partial charge in [-0.15, -0.1) is 0 Å². The number of carboxylic acids is 2. The Kier molecular flexibility index (Phi) is 4.84. The fourth-order valence-corrected chi connectivity index (χ4v) is 2.82. The summed E-state index contributed by atoms with van der Waals surface area (Å²) in [6.45, 7) is 0.123. The zero-order chi connectivity index (χ0) is 18.7. The molecule has 0 amide bonds. The van der Waals surface area contributed by atoms with Crippen LogP contribution >= 0.6 is 0 Å². The molecule has 26 heavy (non-hydrogen) atoms. The number of hydrogen-bond acceptors (Lipinski definition) is 3. The van der Waals surface area contributed by atoms with Crippen LogP contribution in [-0.4, -0.2) is 32.5 Å². The van der Waals surface area contributed by atoms with Gasteiger partial charge < -0.3 is 14.8 Å². The molecule has 3 aromatic rings. The maximum absolute atomic E-state index is 12.0. The lowest BCUT2D eigenvalue weighted by molar-refractivity contribution is -0.138. The van der Waals surface area contributed by atoms with Crippen LogP contribution in [0.4, 0.5) is 0 Å². The topological polar surface area (TPSA) is 96.6 Å². The Bertz CT molecular complexity index is 985. The predicted molar refractivity (Wildman–Crippen MR) is 96.2 cm³/mol. The van der Waals surface area contributed by atoms with E-state index in [4.69, 9.17) is 10.2 Å². The normalized spacial score (nSPS) is 10.8. The van der Waals surface area contributed by atoms with E-state index in [0.717, 1.165) is 22.0 Å². The maximum Gasteiger partial charge on any atom is 0.335 e. The molecule has 0 radical (unpaired) electrons. The molecule has 1 heterocycles. The number of rotatable bonds is 7. The number of aromatic nitrogens is 1. The third kappa shape index (κ3) is 3.80. The first-order valence-electron chi connectivity index (χ1n) is 8.10. The van der Waals surface area contributed by atoms with E-state index in [9.17, 15) is 14.4 Å². The van der Waals surface area contributed by atoms with E-state index in [1.165, 1.54) is 0 Å². The van der Waals surface area contributed by atoms with Crippen LogP contribution < -0.4 is 0 Å². The van der Waals surface area contributed by atoms with E-state index >= 15 is 0 Å². The minimum atomic E-state index is -0.984. The van der Waals surface area contributed by atoms with E-state index in [1.54, 1.807) is 35.0 Å². The van der Waals surface area contributed by atoms with Gasteiger partial charge >= 0.3 is 11.9 Å². The molecule has 1 aromatic heterocycles. The molecule has 0 aliphatic heterocycles. The minimum absolute atomic E-state index is 0.00531. The number of nitrogens with zero attached hydrogens (tertiary/aromatic N) is 1. The van der Waals surface area contributed by atoms with Crippen molar-refractivity contribution in [2.24, 2.45) is 0 Å². The number of carbonyl (C=O) groups excluding carboxylic acids is 1. The molecule has 6 heteroatoms. The Morgan fingerprint density at radius 3 is 2.19 bits per heavy atom. The summed E-state index contributed by atoms with van der Waals surface area (Å²) < 4.78 is 1.80. The molecule has 2 aromatic carbocycles. The lowest BCUT2D eigenvalue weighted by Crippen LogP contribution is -2.10. The number of aromatic carboxylic acids is 1. The summed E-state index contributed by atoms with van der Waals surface area (Å²) in [6.07, 6.45) is 1.64. The molecule has 0 spiro atoms. The molecule has 6 nitrogen and oxygen atoms in total. The fraction of sp³-hybridized carbons (Fsp3) is 0.150. The number of hydrogen-bond donors (Lipinski definition) is 2. The first-order chi connectivity index (χ1) is 12.4. The molecule has 2 N–H and O–H groups in total. The van der Waals surface area contributed by atoms with E-state index in [0.29, 0.717) is 0 Å². The van der Waals surface area contributed by atoms with Crippen LogP contribution in [0.15, 0.2) is 54.7 Å². The smallest absolute Gasteiger partial charge is 0.335 e. The van der Waals surface area contributed by atoms with Crippen molar-refractivity contribution >= 4 is 28.6 Å². The third-order valence-corrected chi connectivity index (χ3v) is 4.20. The number of fused-ring (bicyclic) bond motifs is 1. The van der Waals surface area contributed by atoms with Gasteiger partial charge in [-0.05, 0) is 40.8 Å². The van der Waals surface area contributed by atoms with Crippen molar-refractivity contribution in [2.45, 2.75) is 19.4 Å². The number of aliphatic carboxylic acids is 1. The molecule has 0 fully saturated rings. The van der Waals surface area contributed by atoms with Crippen LogP contribution in [0.5, 0.6) is 0 Å². The van der Waals surface area contributed by atoms with Crippen LogP contribution in [0.2, 0.25) is 0 Å². The summed E-state index contributed by atoms with van der Waals surface area (Å²) in [6, 6.07) is 14.3. The molecule has 0 atom stereocenters. The van der Waals surface area contributed by atoms with Gasteiger partial charge in [-0.2, -0.15) is 0 Å². The molecular weight excluding hydrogens is 334 g/mol. The van der Waals surface area contributed by atoms with Crippen LogP contribution in [0.25, 0.3) is 22.0 Å². The van der Waals surface area contributed by atoms with Crippen molar-refractivity contribution in [3.8, 4) is 11.1 Å². The quantitative estimate of drug-likeness (QED) is 0.680. The highest BCUT2D eigenvalue weighted by molar-refractivity contribution is 5.90. The van der Waals surface area contributed by atoms with Gasteiger partial charge in [0.15, 0.2) is 5.78 Å². The zero-order valence-electron chi connectivity index (χ0n) is 13.9. The summed E-state index contributed by atoms with van der Waals surface area (Å²) in [7, 11) is 0.